The van der Waals surface area contributed by atoms with Crippen LogP contribution in [-0.2, 0) is 0 Å². The van der Waals surface area contributed by atoms with E-state index in [4.69, 9.17) is 16.1 Å². The molecular formula is C14H17ClN4O. The highest BCUT2D eigenvalue weighted by Crippen LogP contribution is 2.23. The molecule has 0 saturated carbocycles. The van der Waals surface area contributed by atoms with E-state index in [2.05, 4.69) is 27.3 Å². The van der Waals surface area contributed by atoms with Gasteiger partial charge in [-0.2, -0.15) is 4.98 Å². The van der Waals surface area contributed by atoms with Crippen LogP contribution >= 0.6 is 11.6 Å². The number of hydrogen-bond donors (Lipinski definition) is 1. The molecule has 106 valence electrons. The van der Waals surface area contributed by atoms with Gasteiger partial charge in [0.25, 0.3) is 0 Å². The molecular weight excluding hydrogens is 276 g/mol. The second-order valence-electron chi connectivity index (χ2n) is 4.93. The van der Waals surface area contributed by atoms with Gasteiger partial charge in [0.2, 0.25) is 11.7 Å². The first-order valence-corrected chi connectivity index (χ1v) is 7.16. The Morgan fingerprint density at radius 1 is 1.25 bits per heavy atom. The third-order valence-corrected chi connectivity index (χ3v) is 3.85. The zero-order chi connectivity index (χ0) is 13.9. The molecule has 6 heteroatoms. The van der Waals surface area contributed by atoms with Crippen molar-refractivity contribution in [2.24, 2.45) is 0 Å². The van der Waals surface area contributed by atoms with E-state index in [0.717, 1.165) is 31.7 Å². The minimum atomic E-state index is 0.144. The lowest BCUT2D eigenvalue weighted by atomic mass is 10.2. The van der Waals surface area contributed by atoms with Crippen LogP contribution in [0.15, 0.2) is 28.8 Å². The van der Waals surface area contributed by atoms with Crippen LogP contribution in [0, 0.1) is 0 Å². The molecule has 2 aromatic rings. The molecule has 1 unspecified atom stereocenters. The van der Waals surface area contributed by atoms with Gasteiger partial charge in [0.15, 0.2) is 0 Å². The molecule has 1 atom stereocenters. The van der Waals surface area contributed by atoms with Crippen molar-refractivity contribution in [3.8, 4) is 11.4 Å². The number of hydrogen-bond acceptors (Lipinski definition) is 5. The van der Waals surface area contributed by atoms with Crippen LogP contribution < -0.4 is 5.32 Å². The second-order valence-corrected chi connectivity index (χ2v) is 5.36. The van der Waals surface area contributed by atoms with Gasteiger partial charge in [-0.1, -0.05) is 16.8 Å². The predicted molar refractivity (Wildman–Crippen MR) is 77.6 cm³/mol. The van der Waals surface area contributed by atoms with Crippen molar-refractivity contribution in [3.05, 3.63) is 35.2 Å². The Morgan fingerprint density at radius 3 is 2.65 bits per heavy atom. The summed E-state index contributed by atoms with van der Waals surface area (Å²) in [6.07, 6.45) is 0. The first kappa shape index (κ1) is 13.5. The molecule has 1 N–H and O–H groups in total. The molecule has 1 aliphatic heterocycles. The highest BCUT2D eigenvalue weighted by Gasteiger charge is 2.23. The third kappa shape index (κ3) is 2.85. The fourth-order valence-electron chi connectivity index (χ4n) is 2.35. The molecule has 1 saturated heterocycles. The molecule has 0 amide bonds. The van der Waals surface area contributed by atoms with E-state index in [9.17, 15) is 0 Å². The van der Waals surface area contributed by atoms with Crippen LogP contribution in [0.25, 0.3) is 11.4 Å². The first-order chi connectivity index (χ1) is 9.74. The number of nitrogens with zero attached hydrogens (tertiary/aromatic N) is 3. The lowest BCUT2D eigenvalue weighted by molar-refractivity contribution is 0.154. The highest BCUT2D eigenvalue weighted by atomic mass is 35.5. The van der Waals surface area contributed by atoms with Crippen molar-refractivity contribution in [3.63, 3.8) is 0 Å². The summed E-state index contributed by atoms with van der Waals surface area (Å²) in [6.45, 7) is 6.11. The van der Waals surface area contributed by atoms with E-state index in [1.165, 1.54) is 0 Å². The van der Waals surface area contributed by atoms with E-state index in [1.54, 1.807) is 0 Å². The van der Waals surface area contributed by atoms with E-state index in [0.29, 0.717) is 16.7 Å². The molecule has 0 aliphatic carbocycles. The zero-order valence-electron chi connectivity index (χ0n) is 11.3. The summed E-state index contributed by atoms with van der Waals surface area (Å²) >= 11 is 5.88. The van der Waals surface area contributed by atoms with Gasteiger partial charge < -0.3 is 9.84 Å². The Labute approximate surface area is 122 Å². The average Bonchev–Trinajstić information content (AvgIpc) is 2.98. The Balaban J connectivity index is 1.77. The first-order valence-electron chi connectivity index (χ1n) is 6.78. The zero-order valence-corrected chi connectivity index (χ0v) is 12.1. The number of halogens is 1. The maximum atomic E-state index is 5.88. The van der Waals surface area contributed by atoms with E-state index in [1.807, 2.05) is 24.3 Å². The molecule has 20 heavy (non-hydrogen) atoms. The molecule has 0 radical (unpaired) electrons. The van der Waals surface area contributed by atoms with Crippen molar-refractivity contribution >= 4 is 11.6 Å². The fraction of sp³-hybridized carbons (Fsp3) is 0.429. The normalized spacial score (nSPS) is 18.1. The molecule has 2 heterocycles. The van der Waals surface area contributed by atoms with Gasteiger partial charge in [0.1, 0.15) is 0 Å². The van der Waals surface area contributed by atoms with Crippen LogP contribution in [0.1, 0.15) is 18.9 Å². The maximum Gasteiger partial charge on any atom is 0.244 e. The Hall–Kier alpha value is -1.43. The molecule has 0 spiro atoms. The average molecular weight is 293 g/mol. The summed E-state index contributed by atoms with van der Waals surface area (Å²) in [7, 11) is 0. The largest absolute Gasteiger partial charge is 0.337 e. The Morgan fingerprint density at radius 2 is 1.95 bits per heavy atom. The predicted octanol–water partition coefficient (Wildman–Crippen LogP) is 2.36. The fourth-order valence-corrected chi connectivity index (χ4v) is 2.47. The van der Waals surface area contributed by atoms with Crippen LogP contribution in [0.3, 0.4) is 0 Å². The summed E-state index contributed by atoms with van der Waals surface area (Å²) in [4.78, 5) is 6.85. The topological polar surface area (TPSA) is 54.2 Å². The van der Waals surface area contributed by atoms with Crippen molar-refractivity contribution in [1.29, 1.82) is 0 Å². The molecule has 5 nitrogen and oxygen atoms in total. The van der Waals surface area contributed by atoms with Gasteiger partial charge >= 0.3 is 0 Å². The summed E-state index contributed by atoms with van der Waals surface area (Å²) < 4.78 is 5.41. The van der Waals surface area contributed by atoms with Gasteiger partial charge in [0, 0.05) is 36.8 Å². The lowest BCUT2D eigenvalue weighted by Crippen LogP contribution is -2.44. The van der Waals surface area contributed by atoms with Crippen molar-refractivity contribution in [1.82, 2.24) is 20.4 Å². The minimum absolute atomic E-state index is 0.144. The van der Waals surface area contributed by atoms with Crippen LogP contribution in [0.2, 0.25) is 5.02 Å². The van der Waals surface area contributed by atoms with Crippen molar-refractivity contribution in [2.75, 3.05) is 26.2 Å². The highest BCUT2D eigenvalue weighted by molar-refractivity contribution is 6.30. The number of piperazine rings is 1. The van der Waals surface area contributed by atoms with E-state index >= 15 is 0 Å². The molecule has 1 aromatic carbocycles. The molecule has 3 rings (SSSR count). The molecule has 1 aliphatic rings. The number of rotatable bonds is 3. The molecule has 1 aromatic heterocycles. The summed E-state index contributed by atoms with van der Waals surface area (Å²) in [6, 6.07) is 7.59. The third-order valence-electron chi connectivity index (χ3n) is 3.60. The Bertz CT molecular complexity index is 563. The second kappa shape index (κ2) is 5.91. The van der Waals surface area contributed by atoms with Gasteiger partial charge in [-0.05, 0) is 31.2 Å². The number of aromatic nitrogens is 2. The van der Waals surface area contributed by atoms with Gasteiger partial charge in [-0.25, -0.2) is 0 Å². The smallest absolute Gasteiger partial charge is 0.244 e. The SMILES string of the molecule is CC(c1nc(-c2ccc(Cl)cc2)no1)N1CCNCC1. The molecule has 1 fully saturated rings. The standard InChI is InChI=1S/C14H17ClN4O/c1-10(19-8-6-16-7-9-19)14-17-13(18-20-14)11-2-4-12(15)5-3-11/h2-5,10,16H,6-9H2,1H3. The maximum absolute atomic E-state index is 5.88. The Kier molecular flexibility index (Phi) is 4.00. The van der Waals surface area contributed by atoms with Crippen molar-refractivity contribution < 1.29 is 4.52 Å². The molecule has 0 bridgehead atoms. The van der Waals surface area contributed by atoms with Gasteiger partial charge in [0.05, 0.1) is 6.04 Å². The monoisotopic (exact) mass is 292 g/mol. The summed E-state index contributed by atoms with van der Waals surface area (Å²) in [5, 5.41) is 8.10. The van der Waals surface area contributed by atoms with Crippen LogP contribution in [0.5, 0.6) is 0 Å². The van der Waals surface area contributed by atoms with Crippen LogP contribution in [0.4, 0.5) is 0 Å². The van der Waals surface area contributed by atoms with Crippen LogP contribution in [-0.4, -0.2) is 41.2 Å². The minimum Gasteiger partial charge on any atom is -0.337 e. The van der Waals surface area contributed by atoms with E-state index in [-0.39, 0.29) is 6.04 Å². The van der Waals surface area contributed by atoms with Crippen molar-refractivity contribution in [2.45, 2.75) is 13.0 Å². The lowest BCUT2D eigenvalue weighted by Gasteiger charge is -2.30. The van der Waals surface area contributed by atoms with E-state index < -0.39 is 0 Å². The summed E-state index contributed by atoms with van der Waals surface area (Å²) in [5.41, 5.74) is 0.914. The summed E-state index contributed by atoms with van der Waals surface area (Å²) in [5.74, 6) is 1.27. The number of benzene rings is 1. The quantitative estimate of drug-likeness (QED) is 0.941. The van der Waals surface area contributed by atoms with Gasteiger partial charge in [-0.3, -0.25) is 4.90 Å². The number of nitrogens with one attached hydrogen (secondary N) is 1. The van der Waals surface area contributed by atoms with Gasteiger partial charge in [-0.15, -0.1) is 0 Å².